The molecule has 0 aliphatic rings. The Kier molecular flexibility index (Phi) is 5.55. The van der Waals surface area contributed by atoms with Crippen molar-refractivity contribution in [2.24, 2.45) is 7.05 Å². The normalized spacial score (nSPS) is 11.9. The minimum atomic E-state index is -0.0457. The van der Waals surface area contributed by atoms with E-state index in [1.165, 1.54) is 11.1 Å². The number of hydrogen-bond acceptors (Lipinski definition) is 1. The summed E-state index contributed by atoms with van der Waals surface area (Å²) in [6, 6.07) is 8.67. The Hall–Kier alpha value is -0.320. The van der Waals surface area contributed by atoms with Gasteiger partial charge < -0.3 is 0 Å². The van der Waals surface area contributed by atoms with E-state index in [9.17, 15) is 0 Å². The van der Waals surface area contributed by atoms with Gasteiger partial charge in [0.25, 0.3) is 0 Å². The lowest BCUT2D eigenvalue weighted by Gasteiger charge is -2.31. The van der Waals surface area contributed by atoms with Gasteiger partial charge in [0.15, 0.2) is 0 Å². The fourth-order valence-corrected chi connectivity index (χ4v) is 4.75. The van der Waals surface area contributed by atoms with Gasteiger partial charge in [-0.05, 0) is 19.4 Å². The molecule has 2 aromatic rings. The average Bonchev–Trinajstić information content (AvgIpc) is 2.70. The van der Waals surface area contributed by atoms with Crippen LogP contribution < -0.4 is 0 Å². The molecule has 5 heteroatoms. The first-order chi connectivity index (χ1) is 9.93. The molecular weight excluding hydrogens is 415 g/mol. The molecule has 0 saturated carbocycles. The molecule has 1 aromatic heterocycles. The molecule has 0 amide bonds. The van der Waals surface area contributed by atoms with Crippen molar-refractivity contribution in [3.63, 3.8) is 0 Å². The van der Waals surface area contributed by atoms with Gasteiger partial charge in [0, 0.05) is 29.5 Å². The van der Waals surface area contributed by atoms with Crippen molar-refractivity contribution in [2.45, 2.75) is 25.7 Å². The Bertz CT molecular complexity index is 633. The van der Waals surface area contributed by atoms with Crippen molar-refractivity contribution in [1.82, 2.24) is 9.78 Å². The third kappa shape index (κ3) is 3.38. The summed E-state index contributed by atoms with van der Waals surface area (Å²) in [5.74, 6) is 0. The molecule has 0 saturated heterocycles. The zero-order chi connectivity index (χ0) is 15.6. The summed E-state index contributed by atoms with van der Waals surface area (Å²) in [5.41, 5.74) is 4.50. The van der Waals surface area contributed by atoms with E-state index < -0.39 is 0 Å². The highest BCUT2D eigenvalue weighted by Gasteiger charge is 2.33. The van der Waals surface area contributed by atoms with Crippen LogP contribution in [-0.2, 0) is 18.9 Å². The van der Waals surface area contributed by atoms with Gasteiger partial charge in [-0.1, -0.05) is 73.3 Å². The number of halogens is 3. The standard InChI is InChI=1S/C16H19Br2ClN2/c1-11-5-4-6-13(7-11)16(9-17,10-18)8-14-15(19)12(2)20-21(14)3/h4-7H,8-10H2,1-3H3. The molecule has 21 heavy (non-hydrogen) atoms. The molecule has 0 unspecified atom stereocenters. The summed E-state index contributed by atoms with van der Waals surface area (Å²) in [6.07, 6.45) is 0.836. The molecule has 1 heterocycles. The molecule has 1 aromatic carbocycles. The quantitative estimate of drug-likeness (QED) is 0.608. The Morgan fingerprint density at radius 1 is 1.24 bits per heavy atom. The molecule has 0 bridgehead atoms. The monoisotopic (exact) mass is 432 g/mol. The van der Waals surface area contributed by atoms with Crippen molar-refractivity contribution in [3.05, 3.63) is 51.8 Å². The van der Waals surface area contributed by atoms with E-state index in [0.717, 1.165) is 33.5 Å². The van der Waals surface area contributed by atoms with Gasteiger partial charge >= 0.3 is 0 Å². The second-order valence-corrected chi connectivity index (χ2v) is 7.06. The van der Waals surface area contributed by atoms with Crippen LogP contribution in [0.25, 0.3) is 0 Å². The van der Waals surface area contributed by atoms with Crippen molar-refractivity contribution in [3.8, 4) is 0 Å². The van der Waals surface area contributed by atoms with E-state index in [1.807, 2.05) is 18.7 Å². The van der Waals surface area contributed by atoms with Crippen molar-refractivity contribution in [2.75, 3.05) is 10.7 Å². The predicted molar refractivity (Wildman–Crippen MR) is 97.1 cm³/mol. The number of aromatic nitrogens is 2. The molecule has 114 valence electrons. The fraction of sp³-hybridized carbons (Fsp3) is 0.438. The van der Waals surface area contributed by atoms with Crippen LogP contribution in [0.1, 0.15) is 22.5 Å². The van der Waals surface area contributed by atoms with Crippen molar-refractivity contribution >= 4 is 43.5 Å². The Morgan fingerprint density at radius 2 is 1.90 bits per heavy atom. The molecule has 0 N–H and O–H groups in total. The van der Waals surface area contributed by atoms with Gasteiger partial charge in [-0.15, -0.1) is 0 Å². The maximum absolute atomic E-state index is 6.44. The van der Waals surface area contributed by atoms with Gasteiger partial charge in [-0.2, -0.15) is 5.10 Å². The SMILES string of the molecule is Cc1cccc(C(CBr)(CBr)Cc2c(Cl)c(C)nn2C)c1. The molecule has 2 rings (SSSR count). The van der Waals surface area contributed by atoms with E-state index >= 15 is 0 Å². The largest absolute Gasteiger partial charge is 0.271 e. The third-order valence-corrected chi connectivity index (χ3v) is 6.55. The van der Waals surface area contributed by atoms with Crippen LogP contribution in [0.5, 0.6) is 0 Å². The second kappa shape index (κ2) is 6.84. The second-order valence-electron chi connectivity index (χ2n) is 5.56. The molecule has 0 radical (unpaired) electrons. The molecule has 0 atom stereocenters. The first kappa shape index (κ1) is 17.0. The fourth-order valence-electron chi connectivity index (χ4n) is 2.55. The number of benzene rings is 1. The van der Waals surface area contributed by atoms with E-state index in [-0.39, 0.29) is 5.41 Å². The zero-order valence-electron chi connectivity index (χ0n) is 12.5. The number of hydrogen-bond donors (Lipinski definition) is 0. The highest BCUT2D eigenvalue weighted by atomic mass is 79.9. The van der Waals surface area contributed by atoms with Gasteiger partial charge in [0.1, 0.15) is 0 Å². The summed E-state index contributed by atoms with van der Waals surface area (Å²) >= 11 is 13.8. The van der Waals surface area contributed by atoms with Crippen LogP contribution >= 0.6 is 43.5 Å². The zero-order valence-corrected chi connectivity index (χ0v) is 16.4. The van der Waals surface area contributed by atoms with E-state index in [0.29, 0.717) is 0 Å². The van der Waals surface area contributed by atoms with Crippen molar-refractivity contribution < 1.29 is 0 Å². The van der Waals surface area contributed by atoms with Crippen LogP contribution in [0.3, 0.4) is 0 Å². The number of aryl methyl sites for hydroxylation is 3. The Morgan fingerprint density at radius 3 is 2.38 bits per heavy atom. The van der Waals surface area contributed by atoms with E-state index in [1.54, 1.807) is 0 Å². The lowest BCUT2D eigenvalue weighted by Crippen LogP contribution is -2.34. The van der Waals surface area contributed by atoms with Crippen LogP contribution in [0, 0.1) is 13.8 Å². The highest BCUT2D eigenvalue weighted by Crippen LogP contribution is 2.35. The summed E-state index contributed by atoms with van der Waals surface area (Å²) in [6.45, 7) is 4.07. The molecule has 0 aliphatic heterocycles. The Balaban J connectivity index is 2.48. The first-order valence-corrected chi connectivity index (χ1v) is 9.42. The van der Waals surface area contributed by atoms with Crippen LogP contribution in [0.4, 0.5) is 0 Å². The molecule has 0 aliphatic carbocycles. The maximum Gasteiger partial charge on any atom is 0.0847 e. The summed E-state index contributed by atoms with van der Waals surface area (Å²) < 4.78 is 1.90. The van der Waals surface area contributed by atoms with Gasteiger partial charge in [-0.25, -0.2) is 0 Å². The van der Waals surface area contributed by atoms with Crippen LogP contribution in [0.15, 0.2) is 24.3 Å². The lowest BCUT2D eigenvalue weighted by atomic mass is 9.80. The van der Waals surface area contributed by atoms with E-state index in [2.05, 4.69) is 68.1 Å². The average molecular weight is 435 g/mol. The number of rotatable bonds is 5. The first-order valence-electron chi connectivity index (χ1n) is 6.80. The minimum absolute atomic E-state index is 0.0457. The summed E-state index contributed by atoms with van der Waals surface area (Å²) in [4.78, 5) is 0. The van der Waals surface area contributed by atoms with Crippen LogP contribution in [0.2, 0.25) is 5.02 Å². The number of nitrogens with zero attached hydrogens (tertiary/aromatic N) is 2. The molecule has 0 fully saturated rings. The topological polar surface area (TPSA) is 17.8 Å². The smallest absolute Gasteiger partial charge is 0.0847 e. The third-order valence-electron chi connectivity index (χ3n) is 3.91. The highest BCUT2D eigenvalue weighted by molar-refractivity contribution is 9.09. The predicted octanol–water partition coefficient (Wildman–Crippen LogP) is 4.96. The van der Waals surface area contributed by atoms with Crippen LogP contribution in [-0.4, -0.2) is 20.4 Å². The summed E-state index contributed by atoms with van der Waals surface area (Å²) in [5, 5.41) is 6.92. The van der Waals surface area contributed by atoms with Crippen molar-refractivity contribution in [1.29, 1.82) is 0 Å². The minimum Gasteiger partial charge on any atom is -0.271 e. The maximum atomic E-state index is 6.44. The molecule has 2 nitrogen and oxygen atoms in total. The molecule has 0 spiro atoms. The van der Waals surface area contributed by atoms with Gasteiger partial charge in [0.2, 0.25) is 0 Å². The lowest BCUT2D eigenvalue weighted by molar-refractivity contribution is 0.523. The Labute approximate surface area is 148 Å². The van der Waals surface area contributed by atoms with E-state index in [4.69, 9.17) is 11.6 Å². The van der Waals surface area contributed by atoms with Gasteiger partial charge in [-0.3, -0.25) is 4.68 Å². The van der Waals surface area contributed by atoms with Gasteiger partial charge in [0.05, 0.1) is 16.4 Å². The summed E-state index contributed by atoms with van der Waals surface area (Å²) in [7, 11) is 1.96. The number of alkyl halides is 2. The molecular formula is C16H19Br2ClN2.